The van der Waals surface area contributed by atoms with Crippen LogP contribution in [-0.2, 0) is 12.5 Å². The molecule has 0 atom stereocenters. The van der Waals surface area contributed by atoms with Crippen molar-refractivity contribution in [2.75, 3.05) is 0 Å². The molecule has 0 heterocycles. The first-order valence-corrected chi connectivity index (χ1v) is 11.6. The standard InChI is InChI=1S/C29H20F8O/c1-2-3-9-20-21(19-11-10-17(12-22(19)30)16-7-5-4-6-8-16)15-23(31)26(27(20)34)29(36,37)38-18-13-24(32)28(35)25(33)14-18/h4-8,10-15H,2-3,9H2,1H3. The number of alkyl halides is 2. The van der Waals surface area contributed by atoms with Crippen molar-refractivity contribution in [2.45, 2.75) is 32.3 Å². The van der Waals surface area contributed by atoms with Gasteiger partial charge in [-0.15, -0.1) is 0 Å². The Labute approximate surface area is 213 Å². The topological polar surface area (TPSA) is 9.23 Å². The minimum Gasteiger partial charge on any atom is -0.429 e. The van der Waals surface area contributed by atoms with E-state index >= 15 is 13.2 Å². The summed E-state index contributed by atoms with van der Waals surface area (Å²) in [5, 5.41) is 0. The second-order valence-corrected chi connectivity index (χ2v) is 8.56. The van der Waals surface area contributed by atoms with Crippen LogP contribution in [-0.4, -0.2) is 0 Å². The Bertz CT molecular complexity index is 1440. The van der Waals surface area contributed by atoms with E-state index in [1.165, 1.54) is 18.2 Å². The smallest absolute Gasteiger partial charge is 0.429 e. The minimum atomic E-state index is -4.75. The summed E-state index contributed by atoms with van der Waals surface area (Å²) in [6, 6.07) is 13.6. The molecule has 0 N–H and O–H groups in total. The third-order valence-electron chi connectivity index (χ3n) is 5.96. The number of rotatable bonds is 8. The molecule has 0 spiro atoms. The van der Waals surface area contributed by atoms with Gasteiger partial charge in [0, 0.05) is 17.7 Å². The highest BCUT2D eigenvalue weighted by Gasteiger charge is 2.43. The van der Waals surface area contributed by atoms with E-state index in [9.17, 15) is 22.0 Å². The van der Waals surface area contributed by atoms with Crippen molar-refractivity contribution < 1.29 is 39.9 Å². The lowest BCUT2D eigenvalue weighted by Crippen LogP contribution is -2.26. The van der Waals surface area contributed by atoms with Crippen molar-refractivity contribution >= 4 is 0 Å². The largest absolute Gasteiger partial charge is 0.432 e. The lowest BCUT2D eigenvalue weighted by molar-refractivity contribution is -0.189. The Morgan fingerprint density at radius 1 is 0.658 bits per heavy atom. The lowest BCUT2D eigenvalue weighted by Gasteiger charge is -2.22. The maximum Gasteiger partial charge on any atom is 0.432 e. The zero-order valence-electron chi connectivity index (χ0n) is 19.9. The summed E-state index contributed by atoms with van der Waals surface area (Å²) in [4.78, 5) is 0. The second-order valence-electron chi connectivity index (χ2n) is 8.56. The van der Waals surface area contributed by atoms with E-state index in [4.69, 9.17) is 0 Å². The summed E-state index contributed by atoms with van der Waals surface area (Å²) in [6.07, 6.45) is -4.07. The van der Waals surface area contributed by atoms with Gasteiger partial charge in [0.1, 0.15) is 28.8 Å². The van der Waals surface area contributed by atoms with Gasteiger partial charge in [-0.25, -0.2) is 26.3 Å². The third-order valence-corrected chi connectivity index (χ3v) is 5.96. The van der Waals surface area contributed by atoms with E-state index in [1.54, 1.807) is 37.3 Å². The molecule has 0 saturated carbocycles. The van der Waals surface area contributed by atoms with Gasteiger partial charge in [-0.2, -0.15) is 8.78 Å². The first kappa shape index (κ1) is 27.2. The minimum absolute atomic E-state index is 0.123. The van der Waals surface area contributed by atoms with Gasteiger partial charge in [0.05, 0.1) is 0 Å². The molecule has 9 heteroatoms. The molecule has 38 heavy (non-hydrogen) atoms. The van der Waals surface area contributed by atoms with Crippen molar-refractivity contribution in [1.82, 2.24) is 0 Å². The van der Waals surface area contributed by atoms with Gasteiger partial charge in [-0.3, -0.25) is 0 Å². The van der Waals surface area contributed by atoms with Crippen LogP contribution in [0.4, 0.5) is 35.1 Å². The fourth-order valence-electron chi connectivity index (χ4n) is 4.10. The first-order chi connectivity index (χ1) is 18.0. The first-order valence-electron chi connectivity index (χ1n) is 11.6. The Balaban J connectivity index is 1.81. The molecule has 4 aromatic rings. The Kier molecular flexibility index (Phi) is 7.76. The van der Waals surface area contributed by atoms with Crippen molar-refractivity contribution in [1.29, 1.82) is 0 Å². The van der Waals surface area contributed by atoms with Crippen molar-refractivity contribution in [3.63, 3.8) is 0 Å². The van der Waals surface area contributed by atoms with Gasteiger partial charge in [0.2, 0.25) is 0 Å². The van der Waals surface area contributed by atoms with Crippen LogP contribution in [0.2, 0.25) is 0 Å². The Hall–Kier alpha value is -3.88. The van der Waals surface area contributed by atoms with E-state index in [-0.39, 0.29) is 35.2 Å². The molecule has 0 aliphatic carbocycles. The summed E-state index contributed by atoms with van der Waals surface area (Å²) >= 11 is 0. The van der Waals surface area contributed by atoms with Crippen molar-refractivity contribution in [3.05, 3.63) is 113 Å². The summed E-state index contributed by atoms with van der Waals surface area (Å²) in [5.74, 6) is -11.0. The van der Waals surface area contributed by atoms with Crippen LogP contribution in [0.25, 0.3) is 22.3 Å². The average molecular weight is 536 g/mol. The summed E-state index contributed by atoms with van der Waals surface area (Å²) in [5.41, 5.74) is -1.47. The molecule has 198 valence electrons. The van der Waals surface area contributed by atoms with Crippen LogP contribution in [0.5, 0.6) is 5.75 Å². The highest BCUT2D eigenvalue weighted by Crippen LogP contribution is 2.41. The molecule has 0 amide bonds. The number of ether oxygens (including phenoxy) is 1. The number of hydrogen-bond acceptors (Lipinski definition) is 1. The zero-order chi connectivity index (χ0) is 27.6. The van der Waals surface area contributed by atoms with Crippen LogP contribution < -0.4 is 4.74 Å². The van der Waals surface area contributed by atoms with E-state index in [0.29, 0.717) is 30.0 Å². The number of hydrogen-bond donors (Lipinski definition) is 0. The lowest BCUT2D eigenvalue weighted by atomic mass is 9.91. The summed E-state index contributed by atoms with van der Waals surface area (Å²) in [7, 11) is 0. The maximum atomic E-state index is 15.6. The van der Waals surface area contributed by atoms with E-state index in [1.807, 2.05) is 0 Å². The number of unbranched alkanes of at least 4 members (excludes halogenated alkanes) is 1. The summed E-state index contributed by atoms with van der Waals surface area (Å²) < 4.78 is 120. The highest BCUT2D eigenvalue weighted by atomic mass is 19.3. The Morgan fingerprint density at radius 2 is 1.32 bits per heavy atom. The average Bonchev–Trinajstić information content (AvgIpc) is 2.86. The summed E-state index contributed by atoms with van der Waals surface area (Å²) in [6.45, 7) is 1.76. The van der Waals surface area contributed by atoms with Crippen LogP contribution in [0.1, 0.15) is 30.9 Å². The second kappa shape index (κ2) is 10.8. The van der Waals surface area contributed by atoms with E-state index in [2.05, 4.69) is 4.74 Å². The predicted molar refractivity (Wildman–Crippen MR) is 127 cm³/mol. The number of benzene rings is 4. The van der Waals surface area contributed by atoms with Crippen LogP contribution >= 0.6 is 0 Å². The molecule has 4 aromatic carbocycles. The Morgan fingerprint density at radius 3 is 1.92 bits per heavy atom. The molecule has 0 aliphatic rings. The normalized spacial score (nSPS) is 11.6. The monoisotopic (exact) mass is 536 g/mol. The molecular formula is C29H20F8O. The van der Waals surface area contributed by atoms with Gasteiger partial charge >= 0.3 is 6.11 Å². The maximum absolute atomic E-state index is 15.6. The van der Waals surface area contributed by atoms with Gasteiger partial charge in [-0.05, 0) is 47.2 Å². The molecule has 4 rings (SSSR count). The number of halogens is 8. The zero-order valence-corrected chi connectivity index (χ0v) is 19.9. The van der Waals surface area contributed by atoms with E-state index < -0.39 is 52.3 Å². The fraction of sp³-hybridized carbons (Fsp3) is 0.172. The highest BCUT2D eigenvalue weighted by molar-refractivity contribution is 5.73. The van der Waals surface area contributed by atoms with Gasteiger partial charge < -0.3 is 4.74 Å². The van der Waals surface area contributed by atoms with Gasteiger partial charge in [-0.1, -0.05) is 55.8 Å². The molecular weight excluding hydrogens is 516 g/mol. The van der Waals surface area contributed by atoms with Crippen molar-refractivity contribution in [2.24, 2.45) is 0 Å². The van der Waals surface area contributed by atoms with Crippen LogP contribution in [0.3, 0.4) is 0 Å². The fourth-order valence-corrected chi connectivity index (χ4v) is 4.10. The molecule has 0 bridgehead atoms. The molecule has 0 unspecified atom stereocenters. The third kappa shape index (κ3) is 5.37. The van der Waals surface area contributed by atoms with Gasteiger partial charge in [0.15, 0.2) is 17.5 Å². The molecule has 0 aliphatic heterocycles. The van der Waals surface area contributed by atoms with Gasteiger partial charge in [0.25, 0.3) is 0 Å². The van der Waals surface area contributed by atoms with Crippen LogP contribution in [0, 0.1) is 34.9 Å². The predicted octanol–water partition coefficient (Wildman–Crippen LogP) is 9.33. The quantitative estimate of drug-likeness (QED) is 0.161. The SMILES string of the molecule is CCCCc1c(-c2ccc(-c3ccccc3)cc2F)cc(F)c(C(F)(F)Oc2cc(F)c(F)c(F)c2)c1F. The molecule has 1 nitrogen and oxygen atoms in total. The molecule has 0 saturated heterocycles. The van der Waals surface area contributed by atoms with Crippen molar-refractivity contribution in [3.8, 4) is 28.0 Å². The molecule has 0 fully saturated rings. The molecule has 0 aromatic heterocycles. The van der Waals surface area contributed by atoms with Crippen LogP contribution in [0.15, 0.2) is 66.7 Å². The van der Waals surface area contributed by atoms with E-state index in [0.717, 1.165) is 0 Å². The molecule has 0 radical (unpaired) electrons.